The molecule has 3 nitrogen and oxygen atoms in total. The summed E-state index contributed by atoms with van der Waals surface area (Å²) in [6, 6.07) is 9.28. The second-order valence-electron chi connectivity index (χ2n) is 7.65. The molecule has 128 valence electrons. The van der Waals surface area contributed by atoms with E-state index in [9.17, 15) is 4.79 Å². The van der Waals surface area contributed by atoms with Gasteiger partial charge < -0.3 is 9.88 Å². The molecule has 0 spiro atoms. The van der Waals surface area contributed by atoms with E-state index >= 15 is 0 Å². The molecule has 2 fully saturated rings. The molecule has 0 radical (unpaired) electrons. The zero-order valence-electron chi connectivity index (χ0n) is 14.6. The molecule has 0 atom stereocenters. The Kier molecular flexibility index (Phi) is 4.34. The van der Waals surface area contributed by atoms with Crippen molar-refractivity contribution in [2.75, 3.05) is 0 Å². The molecule has 1 N–H and O–H groups in total. The van der Waals surface area contributed by atoms with Crippen molar-refractivity contribution in [3.8, 4) is 0 Å². The number of fused-ring (bicyclic) bond motifs is 1. The summed E-state index contributed by atoms with van der Waals surface area (Å²) in [6.07, 6.45) is 11.2. The number of nitrogens with one attached hydrogen (secondary N) is 1. The Labute approximate surface area is 144 Å². The second-order valence-corrected chi connectivity index (χ2v) is 7.65. The molecule has 0 saturated heterocycles. The molecule has 2 aromatic rings. The third-order valence-electron chi connectivity index (χ3n) is 6.03. The van der Waals surface area contributed by atoms with Gasteiger partial charge in [-0.1, -0.05) is 31.5 Å². The topological polar surface area (TPSA) is 36.1 Å². The Morgan fingerprint density at radius 2 is 1.75 bits per heavy atom. The van der Waals surface area contributed by atoms with Crippen molar-refractivity contribution < 1.29 is 4.79 Å². The lowest BCUT2D eigenvalue weighted by molar-refractivity contribution is -0.134. The number of para-hydroxylation sites is 1. The lowest BCUT2D eigenvalue weighted by atomic mass is 9.83. The first-order valence-electron chi connectivity index (χ1n) is 9.62. The molecule has 1 aromatic heterocycles. The molecule has 0 unspecified atom stereocenters. The predicted octanol–water partition coefficient (Wildman–Crippen LogP) is 4.67. The number of amides is 1. The van der Waals surface area contributed by atoms with Crippen molar-refractivity contribution in [1.82, 2.24) is 9.88 Å². The van der Waals surface area contributed by atoms with Crippen LogP contribution >= 0.6 is 0 Å². The number of benzene rings is 1. The third kappa shape index (κ3) is 3.09. The van der Waals surface area contributed by atoms with Crippen LogP contribution in [0.4, 0.5) is 0 Å². The van der Waals surface area contributed by atoms with Gasteiger partial charge in [0.1, 0.15) is 0 Å². The van der Waals surface area contributed by atoms with Gasteiger partial charge in [-0.15, -0.1) is 0 Å². The molecule has 2 aliphatic carbocycles. The van der Waals surface area contributed by atoms with Crippen molar-refractivity contribution >= 4 is 16.8 Å². The fourth-order valence-electron chi connectivity index (χ4n) is 4.42. The molecule has 1 amide bonds. The van der Waals surface area contributed by atoms with Crippen LogP contribution in [0.15, 0.2) is 30.5 Å². The minimum Gasteiger partial charge on any atom is -0.361 e. The van der Waals surface area contributed by atoms with Gasteiger partial charge in [-0.2, -0.15) is 0 Å². The van der Waals surface area contributed by atoms with Crippen LogP contribution in [0, 0.1) is 5.92 Å². The number of nitrogens with zero attached hydrogens (tertiary/aromatic N) is 1. The van der Waals surface area contributed by atoms with Gasteiger partial charge in [-0.3, -0.25) is 4.79 Å². The Morgan fingerprint density at radius 3 is 2.42 bits per heavy atom. The minimum absolute atomic E-state index is 0.335. The monoisotopic (exact) mass is 324 g/mol. The normalized spacial score (nSPS) is 24.2. The van der Waals surface area contributed by atoms with Crippen LogP contribution in [0.3, 0.4) is 0 Å². The predicted molar refractivity (Wildman–Crippen MR) is 97.9 cm³/mol. The molecule has 3 heteroatoms. The number of aromatic nitrogens is 1. The van der Waals surface area contributed by atoms with E-state index in [4.69, 9.17) is 0 Å². The largest absolute Gasteiger partial charge is 0.361 e. The maximum absolute atomic E-state index is 13.1. The highest BCUT2D eigenvalue weighted by Crippen LogP contribution is 2.36. The number of carbonyl (C=O) groups is 1. The molecule has 1 heterocycles. The maximum atomic E-state index is 13.1. The fraction of sp³-hybridized carbons (Fsp3) is 0.571. The summed E-state index contributed by atoms with van der Waals surface area (Å²) in [4.78, 5) is 18.7. The van der Waals surface area contributed by atoms with E-state index in [1.54, 1.807) is 0 Å². The summed E-state index contributed by atoms with van der Waals surface area (Å²) in [5.74, 6) is 1.22. The van der Waals surface area contributed by atoms with E-state index < -0.39 is 0 Å². The van der Waals surface area contributed by atoms with E-state index in [1.165, 1.54) is 50.3 Å². The highest BCUT2D eigenvalue weighted by molar-refractivity contribution is 5.89. The number of aromatic amines is 1. The first-order valence-corrected chi connectivity index (χ1v) is 9.62. The number of hydrogen-bond donors (Lipinski definition) is 1. The number of H-pyrrole nitrogens is 1. The van der Waals surface area contributed by atoms with E-state index in [0.29, 0.717) is 24.4 Å². The quantitative estimate of drug-likeness (QED) is 0.852. The molecule has 0 bridgehead atoms. The minimum atomic E-state index is 0.335. The standard InChI is InChI=1S/C21H28N2O/c1-2-15-7-9-17(10-8-15)23(18-11-12-18)21(24)13-16-14-22-20-6-4-3-5-19(16)20/h3-6,14-15,17-18,22H,2,7-13H2,1H3. The molecule has 1 aromatic carbocycles. The second kappa shape index (κ2) is 6.62. The van der Waals surface area contributed by atoms with Gasteiger partial charge in [0, 0.05) is 29.2 Å². The van der Waals surface area contributed by atoms with Gasteiger partial charge in [0.05, 0.1) is 6.42 Å². The zero-order valence-corrected chi connectivity index (χ0v) is 14.6. The highest BCUT2D eigenvalue weighted by atomic mass is 16.2. The van der Waals surface area contributed by atoms with Gasteiger partial charge in [0.2, 0.25) is 5.91 Å². The molecule has 2 aliphatic rings. The van der Waals surface area contributed by atoms with Crippen molar-refractivity contribution in [3.05, 3.63) is 36.0 Å². The van der Waals surface area contributed by atoms with Crippen molar-refractivity contribution in [3.63, 3.8) is 0 Å². The first-order chi connectivity index (χ1) is 11.8. The maximum Gasteiger partial charge on any atom is 0.227 e. The Morgan fingerprint density at radius 1 is 1.08 bits per heavy atom. The third-order valence-corrected chi connectivity index (χ3v) is 6.03. The van der Waals surface area contributed by atoms with Crippen molar-refractivity contribution in [2.45, 2.75) is 70.4 Å². The SMILES string of the molecule is CCC1CCC(N(C(=O)Cc2c[nH]c3ccccc23)C2CC2)CC1. The van der Waals surface area contributed by atoms with Gasteiger partial charge in [0.15, 0.2) is 0 Å². The van der Waals surface area contributed by atoms with Gasteiger partial charge in [-0.05, 0) is 56.1 Å². The summed E-state index contributed by atoms with van der Waals surface area (Å²) in [7, 11) is 0. The Balaban J connectivity index is 1.48. The van der Waals surface area contributed by atoms with Crippen LogP contribution in [0.5, 0.6) is 0 Å². The van der Waals surface area contributed by atoms with Gasteiger partial charge in [0.25, 0.3) is 0 Å². The van der Waals surface area contributed by atoms with Crippen LogP contribution in [0.25, 0.3) is 10.9 Å². The molecule has 2 saturated carbocycles. The van der Waals surface area contributed by atoms with Crippen LogP contribution in [0.2, 0.25) is 0 Å². The van der Waals surface area contributed by atoms with E-state index in [1.807, 2.05) is 12.3 Å². The lowest BCUT2D eigenvalue weighted by Gasteiger charge is -2.37. The van der Waals surface area contributed by atoms with Gasteiger partial charge >= 0.3 is 0 Å². The smallest absolute Gasteiger partial charge is 0.227 e. The van der Waals surface area contributed by atoms with Crippen molar-refractivity contribution in [1.29, 1.82) is 0 Å². The van der Waals surface area contributed by atoms with E-state index in [-0.39, 0.29) is 0 Å². The van der Waals surface area contributed by atoms with E-state index in [0.717, 1.165) is 17.0 Å². The summed E-state index contributed by atoms with van der Waals surface area (Å²) in [6.45, 7) is 2.30. The number of rotatable bonds is 5. The van der Waals surface area contributed by atoms with Crippen LogP contribution < -0.4 is 0 Å². The fourth-order valence-corrected chi connectivity index (χ4v) is 4.42. The molecule has 24 heavy (non-hydrogen) atoms. The summed E-state index contributed by atoms with van der Waals surface area (Å²) in [5.41, 5.74) is 2.27. The lowest BCUT2D eigenvalue weighted by Crippen LogP contribution is -2.44. The zero-order chi connectivity index (χ0) is 16.5. The van der Waals surface area contributed by atoms with Gasteiger partial charge in [-0.25, -0.2) is 0 Å². The first kappa shape index (κ1) is 15.7. The van der Waals surface area contributed by atoms with Crippen LogP contribution in [0.1, 0.15) is 57.4 Å². The van der Waals surface area contributed by atoms with Crippen LogP contribution in [-0.2, 0) is 11.2 Å². The average molecular weight is 324 g/mol. The molecule has 0 aliphatic heterocycles. The summed E-state index contributed by atoms with van der Waals surface area (Å²) >= 11 is 0. The van der Waals surface area contributed by atoms with Crippen molar-refractivity contribution in [2.24, 2.45) is 5.92 Å². The Hall–Kier alpha value is -1.77. The Bertz CT molecular complexity index is 707. The summed E-state index contributed by atoms with van der Waals surface area (Å²) in [5, 5.41) is 1.19. The van der Waals surface area contributed by atoms with Crippen LogP contribution in [-0.4, -0.2) is 27.9 Å². The number of hydrogen-bond acceptors (Lipinski definition) is 1. The van der Waals surface area contributed by atoms with E-state index in [2.05, 4.69) is 35.0 Å². The average Bonchev–Trinajstić information content (AvgIpc) is 3.37. The highest BCUT2D eigenvalue weighted by Gasteiger charge is 2.38. The number of carbonyl (C=O) groups excluding carboxylic acids is 1. The molecule has 4 rings (SSSR count). The summed E-state index contributed by atoms with van der Waals surface area (Å²) < 4.78 is 0. The molecular weight excluding hydrogens is 296 g/mol. The molecular formula is C21H28N2O.